The number of rotatable bonds is 4. The van der Waals surface area contributed by atoms with Crippen LogP contribution in [0.2, 0.25) is 0 Å². The minimum Gasteiger partial charge on any atom is -0.345 e. The van der Waals surface area contributed by atoms with Crippen molar-refractivity contribution in [2.75, 3.05) is 0 Å². The number of aromatic nitrogens is 2. The molecule has 2 rings (SSSR count). The van der Waals surface area contributed by atoms with Gasteiger partial charge < -0.3 is 5.32 Å². The highest BCUT2D eigenvalue weighted by Gasteiger charge is 2.19. The zero-order chi connectivity index (χ0) is 14.7. The molecular weight excluding hydrogens is 267 g/mol. The van der Waals surface area contributed by atoms with Crippen molar-refractivity contribution in [3.05, 3.63) is 57.7 Å². The van der Waals surface area contributed by atoms with E-state index in [1.807, 2.05) is 0 Å². The fourth-order valence-corrected chi connectivity index (χ4v) is 1.65. The first-order valence-electron chi connectivity index (χ1n) is 5.72. The summed E-state index contributed by atoms with van der Waals surface area (Å²) in [5.74, 6) is -1.50. The van der Waals surface area contributed by atoms with Gasteiger partial charge in [0.1, 0.15) is 0 Å². The summed E-state index contributed by atoms with van der Waals surface area (Å²) in [7, 11) is 0. The fourth-order valence-electron chi connectivity index (χ4n) is 1.65. The molecule has 20 heavy (non-hydrogen) atoms. The molecule has 2 aromatic rings. The molecule has 0 radical (unpaired) electrons. The smallest absolute Gasteiger partial charge is 0.305 e. The Labute approximate surface area is 113 Å². The molecule has 2 N–H and O–H groups in total. The summed E-state index contributed by atoms with van der Waals surface area (Å²) < 4.78 is 13.2. The molecule has 0 bridgehead atoms. The van der Waals surface area contributed by atoms with Crippen LogP contribution in [0.3, 0.4) is 0 Å². The summed E-state index contributed by atoms with van der Waals surface area (Å²) in [6.45, 7) is 1.74. The number of benzene rings is 1. The van der Waals surface area contributed by atoms with Crippen LogP contribution in [-0.4, -0.2) is 21.0 Å². The van der Waals surface area contributed by atoms with Crippen molar-refractivity contribution in [2.24, 2.45) is 0 Å². The van der Waals surface area contributed by atoms with Crippen LogP contribution in [0.1, 0.15) is 28.9 Å². The van der Waals surface area contributed by atoms with E-state index in [9.17, 15) is 19.3 Å². The maximum absolute atomic E-state index is 13.2. The number of nitro benzene ring substituents is 1. The molecule has 0 aliphatic carbocycles. The molecule has 0 fully saturated rings. The van der Waals surface area contributed by atoms with Crippen molar-refractivity contribution in [3.8, 4) is 0 Å². The highest BCUT2D eigenvalue weighted by Crippen LogP contribution is 2.19. The number of carbonyl (C=O) groups is 1. The van der Waals surface area contributed by atoms with Gasteiger partial charge in [0, 0.05) is 23.4 Å². The minimum atomic E-state index is -0.977. The van der Waals surface area contributed by atoms with Crippen molar-refractivity contribution in [1.82, 2.24) is 15.5 Å². The molecule has 8 heteroatoms. The van der Waals surface area contributed by atoms with Gasteiger partial charge in [0.2, 0.25) is 5.82 Å². The lowest BCUT2D eigenvalue weighted by molar-refractivity contribution is -0.387. The lowest BCUT2D eigenvalue weighted by Crippen LogP contribution is -2.26. The van der Waals surface area contributed by atoms with Crippen LogP contribution in [0, 0.1) is 15.9 Å². The highest BCUT2D eigenvalue weighted by molar-refractivity contribution is 5.95. The number of nitro groups is 1. The van der Waals surface area contributed by atoms with E-state index in [1.165, 1.54) is 6.07 Å². The van der Waals surface area contributed by atoms with Crippen LogP contribution in [0.25, 0.3) is 0 Å². The van der Waals surface area contributed by atoms with Gasteiger partial charge in [0.05, 0.1) is 17.2 Å². The van der Waals surface area contributed by atoms with Crippen molar-refractivity contribution in [3.63, 3.8) is 0 Å². The Bertz CT molecular complexity index is 642. The molecule has 0 spiro atoms. The molecule has 0 saturated carbocycles. The molecule has 7 nitrogen and oxygen atoms in total. The number of H-pyrrole nitrogens is 1. The summed E-state index contributed by atoms with van der Waals surface area (Å²) in [6, 6.07) is 2.67. The number of halogens is 1. The van der Waals surface area contributed by atoms with Crippen LogP contribution in [0.15, 0.2) is 30.6 Å². The van der Waals surface area contributed by atoms with Gasteiger partial charge in [-0.2, -0.15) is 9.49 Å². The highest BCUT2D eigenvalue weighted by atomic mass is 19.1. The zero-order valence-corrected chi connectivity index (χ0v) is 10.5. The molecule has 1 amide bonds. The number of nitrogens with zero attached hydrogens (tertiary/aromatic N) is 2. The van der Waals surface area contributed by atoms with Gasteiger partial charge in [0.15, 0.2) is 0 Å². The number of nitrogens with one attached hydrogen (secondary N) is 2. The monoisotopic (exact) mass is 278 g/mol. The standard InChI is InChI=1S/C12H11FN4O3/c1-7(9-5-14-15-6-9)16-12(18)8-2-3-10(13)11(4-8)17(19)20/h2-7H,1H3,(H,14,15)(H,16,18). The third-order valence-corrected chi connectivity index (χ3v) is 2.77. The van der Waals surface area contributed by atoms with E-state index in [1.54, 1.807) is 19.3 Å². The number of hydrogen-bond donors (Lipinski definition) is 2. The lowest BCUT2D eigenvalue weighted by atomic mass is 10.1. The normalized spacial score (nSPS) is 11.9. The van der Waals surface area contributed by atoms with Crippen molar-refractivity contribution >= 4 is 11.6 Å². The summed E-state index contributed by atoms with van der Waals surface area (Å²) in [4.78, 5) is 21.7. The molecule has 1 heterocycles. The first-order valence-corrected chi connectivity index (χ1v) is 5.72. The van der Waals surface area contributed by atoms with Gasteiger partial charge in [-0.25, -0.2) is 0 Å². The molecule has 1 unspecified atom stereocenters. The van der Waals surface area contributed by atoms with Gasteiger partial charge in [-0.1, -0.05) is 0 Å². The predicted molar refractivity (Wildman–Crippen MR) is 67.5 cm³/mol. The summed E-state index contributed by atoms with van der Waals surface area (Å²) in [5.41, 5.74) is 0.0528. The number of carbonyl (C=O) groups excluding carboxylic acids is 1. The van der Waals surface area contributed by atoms with E-state index in [2.05, 4.69) is 15.5 Å². The maximum atomic E-state index is 13.2. The first kappa shape index (κ1) is 13.7. The van der Waals surface area contributed by atoms with E-state index in [0.717, 1.165) is 17.7 Å². The second kappa shape index (κ2) is 5.47. The summed E-state index contributed by atoms with van der Waals surface area (Å²) >= 11 is 0. The van der Waals surface area contributed by atoms with Crippen molar-refractivity contribution in [2.45, 2.75) is 13.0 Å². The summed E-state index contributed by atoms with van der Waals surface area (Å²) in [5, 5.41) is 19.6. The fraction of sp³-hybridized carbons (Fsp3) is 0.167. The Morgan fingerprint density at radius 3 is 2.90 bits per heavy atom. The van der Waals surface area contributed by atoms with E-state index >= 15 is 0 Å². The topological polar surface area (TPSA) is 101 Å². The molecule has 1 atom stereocenters. The van der Waals surface area contributed by atoms with Gasteiger partial charge in [-0.05, 0) is 19.1 Å². The minimum absolute atomic E-state index is 0.0217. The number of hydrogen-bond acceptors (Lipinski definition) is 4. The Kier molecular flexibility index (Phi) is 3.74. The van der Waals surface area contributed by atoms with Crippen molar-refractivity contribution in [1.29, 1.82) is 0 Å². The average molecular weight is 278 g/mol. The van der Waals surface area contributed by atoms with Gasteiger partial charge in [0.25, 0.3) is 5.91 Å². The van der Waals surface area contributed by atoms with Crippen LogP contribution in [0.5, 0.6) is 0 Å². The Morgan fingerprint density at radius 1 is 1.55 bits per heavy atom. The third kappa shape index (κ3) is 2.79. The predicted octanol–water partition coefficient (Wildman–Crippen LogP) is 1.95. The van der Waals surface area contributed by atoms with E-state index in [0.29, 0.717) is 0 Å². The maximum Gasteiger partial charge on any atom is 0.305 e. The molecule has 0 saturated heterocycles. The van der Waals surface area contributed by atoms with E-state index in [4.69, 9.17) is 0 Å². The molecule has 104 valence electrons. The Morgan fingerprint density at radius 2 is 2.30 bits per heavy atom. The second-order valence-electron chi connectivity index (χ2n) is 4.15. The lowest BCUT2D eigenvalue weighted by Gasteiger charge is -2.11. The largest absolute Gasteiger partial charge is 0.345 e. The van der Waals surface area contributed by atoms with Crippen LogP contribution in [-0.2, 0) is 0 Å². The van der Waals surface area contributed by atoms with Gasteiger partial charge >= 0.3 is 5.69 Å². The molecule has 0 aliphatic rings. The third-order valence-electron chi connectivity index (χ3n) is 2.77. The van der Waals surface area contributed by atoms with Gasteiger partial charge in [-0.3, -0.25) is 20.0 Å². The zero-order valence-electron chi connectivity index (χ0n) is 10.5. The number of amides is 1. The summed E-state index contributed by atoms with van der Waals surface area (Å²) in [6.07, 6.45) is 3.18. The molecule has 1 aromatic heterocycles. The Hall–Kier alpha value is -2.77. The van der Waals surface area contributed by atoms with Gasteiger partial charge in [-0.15, -0.1) is 0 Å². The first-order chi connectivity index (χ1) is 9.49. The second-order valence-corrected chi connectivity index (χ2v) is 4.15. The quantitative estimate of drug-likeness (QED) is 0.659. The van der Waals surface area contributed by atoms with Crippen LogP contribution in [0.4, 0.5) is 10.1 Å². The van der Waals surface area contributed by atoms with E-state index in [-0.39, 0.29) is 11.6 Å². The average Bonchev–Trinajstić information content (AvgIpc) is 2.92. The van der Waals surface area contributed by atoms with E-state index < -0.39 is 22.3 Å². The van der Waals surface area contributed by atoms with Crippen LogP contribution < -0.4 is 5.32 Å². The van der Waals surface area contributed by atoms with Crippen molar-refractivity contribution < 1.29 is 14.1 Å². The number of aromatic amines is 1. The molecule has 0 aliphatic heterocycles. The van der Waals surface area contributed by atoms with Crippen LogP contribution >= 0.6 is 0 Å². The Balaban J connectivity index is 2.17. The molecule has 1 aromatic carbocycles. The molecular formula is C12H11FN4O3. The SMILES string of the molecule is CC(NC(=O)c1ccc(F)c([N+](=O)[O-])c1)c1cn[nH]c1.